The molecule has 176 valence electrons. The van der Waals surface area contributed by atoms with Crippen molar-refractivity contribution in [1.29, 1.82) is 0 Å². The molecule has 0 bridgehead atoms. The van der Waals surface area contributed by atoms with Crippen LogP contribution >= 0.6 is 0 Å². The molecule has 1 aliphatic heterocycles. The lowest BCUT2D eigenvalue weighted by Gasteiger charge is -2.31. The van der Waals surface area contributed by atoms with Crippen LogP contribution in [0, 0.1) is 17.6 Å². The largest absolute Gasteiger partial charge is 0.343 e. The molecule has 0 saturated carbocycles. The van der Waals surface area contributed by atoms with E-state index >= 15 is 0 Å². The maximum absolute atomic E-state index is 14.1. The number of para-hydroxylation sites is 2. The minimum absolute atomic E-state index is 0.176. The highest BCUT2D eigenvalue weighted by atomic mass is 19.1. The predicted octanol–water partition coefficient (Wildman–Crippen LogP) is 2.61. The van der Waals surface area contributed by atoms with Gasteiger partial charge in [-0.2, -0.15) is 0 Å². The Labute approximate surface area is 191 Å². The molecule has 1 aliphatic rings. The van der Waals surface area contributed by atoms with Gasteiger partial charge in [0, 0.05) is 12.1 Å². The zero-order valence-corrected chi connectivity index (χ0v) is 19.0. The summed E-state index contributed by atoms with van der Waals surface area (Å²) < 4.78 is 28.2. The molecule has 3 N–H and O–H groups in total. The van der Waals surface area contributed by atoms with Gasteiger partial charge in [-0.1, -0.05) is 38.1 Å². The van der Waals surface area contributed by atoms with E-state index in [9.17, 15) is 23.2 Å². The van der Waals surface area contributed by atoms with Crippen molar-refractivity contribution in [3.8, 4) is 0 Å². The van der Waals surface area contributed by atoms with Crippen LogP contribution in [0.15, 0.2) is 42.5 Å². The minimum atomic E-state index is -1.03. The van der Waals surface area contributed by atoms with Crippen LogP contribution in [0.5, 0.6) is 0 Å². The minimum Gasteiger partial charge on any atom is -0.343 e. The molecular formula is C24H28F2N4O3. The molecule has 0 unspecified atom stereocenters. The maximum Gasteiger partial charge on any atom is 0.250 e. The second-order valence-electron chi connectivity index (χ2n) is 8.38. The summed E-state index contributed by atoms with van der Waals surface area (Å²) in [5, 5.41) is 7.88. The van der Waals surface area contributed by atoms with Gasteiger partial charge in [0.25, 0.3) is 5.91 Å². The SMILES string of the molecule is CN[C@@H](C)C(=O)N[C@H](C(=O)N1c2ccccc2C[C@H]1C(=O)Nc1c(F)cccc1F)C(C)C. The third kappa shape index (κ3) is 5.03. The number of hydrogen-bond acceptors (Lipinski definition) is 4. The third-order valence-corrected chi connectivity index (χ3v) is 5.78. The standard InChI is InChI=1S/C24H28F2N4O3/c1-13(2)20(28-22(31)14(3)27-4)24(33)30-18-11-6-5-8-15(18)12-19(30)23(32)29-21-16(25)9-7-10-17(21)26/h5-11,13-14,19-20,27H,12H2,1-4H3,(H,28,31)(H,29,32)/t14-,19-,20-/m0/s1. The van der Waals surface area contributed by atoms with Crippen LogP contribution in [-0.4, -0.2) is 42.9 Å². The van der Waals surface area contributed by atoms with Gasteiger partial charge < -0.3 is 16.0 Å². The molecule has 2 aromatic carbocycles. The number of anilines is 2. The van der Waals surface area contributed by atoms with Gasteiger partial charge in [0.2, 0.25) is 11.8 Å². The second kappa shape index (κ2) is 10.1. The number of fused-ring (bicyclic) bond motifs is 1. The summed E-state index contributed by atoms with van der Waals surface area (Å²) in [6.07, 6.45) is 0.176. The van der Waals surface area contributed by atoms with E-state index in [2.05, 4.69) is 16.0 Å². The molecule has 1 heterocycles. The number of carbonyl (C=O) groups excluding carboxylic acids is 3. The van der Waals surface area contributed by atoms with Crippen molar-refractivity contribution in [3.63, 3.8) is 0 Å². The smallest absolute Gasteiger partial charge is 0.250 e. The van der Waals surface area contributed by atoms with Gasteiger partial charge >= 0.3 is 0 Å². The summed E-state index contributed by atoms with van der Waals surface area (Å²) in [5.74, 6) is -3.64. The number of carbonyl (C=O) groups is 3. The summed E-state index contributed by atoms with van der Waals surface area (Å²) in [6.45, 7) is 5.25. The molecule has 0 aliphatic carbocycles. The molecule has 0 saturated heterocycles. The van der Waals surface area contributed by atoms with E-state index < -0.39 is 47.3 Å². The number of hydrogen-bond donors (Lipinski definition) is 3. The van der Waals surface area contributed by atoms with E-state index in [1.54, 1.807) is 52.1 Å². The average molecular weight is 459 g/mol. The predicted molar refractivity (Wildman–Crippen MR) is 122 cm³/mol. The molecule has 2 aromatic rings. The average Bonchev–Trinajstić information content (AvgIpc) is 3.18. The summed E-state index contributed by atoms with van der Waals surface area (Å²) >= 11 is 0. The van der Waals surface area contributed by atoms with E-state index in [1.165, 1.54) is 11.0 Å². The fourth-order valence-electron chi connectivity index (χ4n) is 3.76. The number of rotatable bonds is 7. The lowest BCUT2D eigenvalue weighted by molar-refractivity contribution is -0.130. The molecule has 3 amide bonds. The van der Waals surface area contributed by atoms with Gasteiger partial charge in [-0.15, -0.1) is 0 Å². The van der Waals surface area contributed by atoms with Crippen LogP contribution in [0.4, 0.5) is 20.2 Å². The Balaban J connectivity index is 1.94. The highest BCUT2D eigenvalue weighted by Crippen LogP contribution is 2.34. The van der Waals surface area contributed by atoms with Crippen LogP contribution < -0.4 is 20.9 Å². The molecule has 0 fully saturated rings. The quantitative estimate of drug-likeness (QED) is 0.595. The van der Waals surface area contributed by atoms with Crippen molar-refractivity contribution in [2.24, 2.45) is 5.92 Å². The van der Waals surface area contributed by atoms with Gasteiger partial charge in [0.15, 0.2) is 0 Å². The first-order chi connectivity index (χ1) is 15.6. The van der Waals surface area contributed by atoms with Gasteiger partial charge in [-0.3, -0.25) is 19.3 Å². The summed E-state index contributed by atoms with van der Waals surface area (Å²) in [4.78, 5) is 40.6. The monoisotopic (exact) mass is 458 g/mol. The lowest BCUT2D eigenvalue weighted by atomic mass is 10.0. The molecular weight excluding hydrogens is 430 g/mol. The van der Waals surface area contributed by atoms with E-state index in [1.807, 2.05) is 0 Å². The van der Waals surface area contributed by atoms with E-state index in [0.29, 0.717) is 5.69 Å². The third-order valence-electron chi connectivity index (χ3n) is 5.78. The Morgan fingerprint density at radius 2 is 1.64 bits per heavy atom. The zero-order chi connectivity index (χ0) is 24.3. The van der Waals surface area contributed by atoms with Crippen molar-refractivity contribution >= 4 is 29.1 Å². The lowest BCUT2D eigenvalue weighted by Crippen LogP contribution is -2.57. The molecule has 0 spiro atoms. The molecule has 3 rings (SSSR count). The highest BCUT2D eigenvalue weighted by molar-refractivity contribution is 6.09. The Kier molecular flexibility index (Phi) is 7.43. The first-order valence-electron chi connectivity index (χ1n) is 10.8. The van der Waals surface area contributed by atoms with Crippen molar-refractivity contribution in [2.75, 3.05) is 17.3 Å². The Morgan fingerprint density at radius 3 is 2.24 bits per heavy atom. The van der Waals surface area contributed by atoms with Crippen LogP contribution in [0.2, 0.25) is 0 Å². The van der Waals surface area contributed by atoms with Gasteiger partial charge in [-0.25, -0.2) is 8.78 Å². The molecule has 0 aromatic heterocycles. The molecule has 3 atom stereocenters. The van der Waals surface area contributed by atoms with Crippen LogP contribution in [0.25, 0.3) is 0 Å². The number of likely N-dealkylation sites (N-methyl/N-ethyl adjacent to an activating group) is 1. The van der Waals surface area contributed by atoms with Crippen LogP contribution in [0.1, 0.15) is 26.3 Å². The number of nitrogens with one attached hydrogen (secondary N) is 3. The fraction of sp³-hybridized carbons (Fsp3) is 0.375. The number of halogens is 2. The van der Waals surface area contributed by atoms with E-state index in [0.717, 1.165) is 17.7 Å². The maximum atomic E-state index is 14.1. The Hall–Kier alpha value is -3.33. The molecule has 9 heteroatoms. The van der Waals surface area contributed by atoms with Gasteiger partial charge in [0.1, 0.15) is 29.4 Å². The zero-order valence-electron chi connectivity index (χ0n) is 19.0. The van der Waals surface area contributed by atoms with E-state index in [-0.39, 0.29) is 18.2 Å². The summed E-state index contributed by atoms with van der Waals surface area (Å²) in [7, 11) is 1.63. The van der Waals surface area contributed by atoms with Crippen molar-refractivity contribution in [2.45, 2.75) is 45.3 Å². The molecule has 7 nitrogen and oxygen atoms in total. The topological polar surface area (TPSA) is 90.5 Å². The van der Waals surface area contributed by atoms with Crippen molar-refractivity contribution in [1.82, 2.24) is 10.6 Å². The molecule has 0 radical (unpaired) electrons. The van der Waals surface area contributed by atoms with Crippen LogP contribution in [-0.2, 0) is 20.8 Å². The second-order valence-corrected chi connectivity index (χ2v) is 8.38. The van der Waals surface area contributed by atoms with Crippen LogP contribution in [0.3, 0.4) is 0 Å². The highest BCUT2D eigenvalue weighted by Gasteiger charge is 2.42. The number of nitrogens with zero attached hydrogens (tertiary/aromatic N) is 1. The normalized spacial score (nSPS) is 16.8. The van der Waals surface area contributed by atoms with Crippen molar-refractivity contribution in [3.05, 3.63) is 59.7 Å². The number of benzene rings is 2. The van der Waals surface area contributed by atoms with Gasteiger partial charge in [0.05, 0.1) is 6.04 Å². The Bertz CT molecular complexity index is 1040. The first kappa shape index (κ1) is 24.3. The summed E-state index contributed by atoms with van der Waals surface area (Å²) in [5.41, 5.74) is 0.707. The molecule has 33 heavy (non-hydrogen) atoms. The number of amides is 3. The van der Waals surface area contributed by atoms with Crippen molar-refractivity contribution < 1.29 is 23.2 Å². The van der Waals surface area contributed by atoms with E-state index in [4.69, 9.17) is 0 Å². The Morgan fingerprint density at radius 1 is 1.00 bits per heavy atom. The first-order valence-corrected chi connectivity index (χ1v) is 10.8. The fourth-order valence-corrected chi connectivity index (χ4v) is 3.76. The van der Waals surface area contributed by atoms with Gasteiger partial charge in [-0.05, 0) is 43.7 Å². The summed E-state index contributed by atoms with van der Waals surface area (Å²) in [6, 6.07) is 7.84.